The van der Waals surface area contributed by atoms with E-state index in [-0.39, 0.29) is 18.6 Å². The van der Waals surface area contributed by atoms with Gasteiger partial charge in [-0.1, -0.05) is 0 Å². The van der Waals surface area contributed by atoms with Crippen molar-refractivity contribution in [3.05, 3.63) is 0 Å². The topological polar surface area (TPSA) is 61.3 Å². The minimum absolute atomic E-state index is 0. The Balaban J connectivity index is -0.000000320. The molecule has 0 aliphatic rings. The van der Waals surface area contributed by atoms with Gasteiger partial charge in [0.2, 0.25) is 0 Å². The normalized spacial score (nSPS) is 9.00. The van der Waals surface area contributed by atoms with Gasteiger partial charge in [-0.2, -0.15) is 0 Å². The molecule has 3 N–H and O–H groups in total. The van der Waals surface area contributed by atoms with Crippen molar-refractivity contribution in [2.24, 2.45) is 0 Å². The monoisotopic (exact) mass is 185 g/mol. The molecule has 0 radical (unpaired) electrons. The van der Waals surface area contributed by atoms with Crippen LogP contribution in [0, 0.1) is 0 Å². The van der Waals surface area contributed by atoms with E-state index < -0.39 is 0 Å². The van der Waals surface area contributed by atoms with Gasteiger partial charge in [-0.15, -0.1) is 12.4 Å². The number of hydrogen-bond donors (Lipinski definition) is 1. The predicted octanol–water partition coefficient (Wildman–Crippen LogP) is 0.449. The maximum absolute atomic E-state index is 9.66. The Morgan fingerprint density at radius 2 is 1.82 bits per heavy atom. The summed E-state index contributed by atoms with van der Waals surface area (Å²) >= 11 is 0. The van der Waals surface area contributed by atoms with E-state index in [1.54, 1.807) is 0 Å². The fraction of sp³-hybridized carbons (Fsp3) is 0.833. The third-order valence-electron chi connectivity index (χ3n) is 0.948. The highest BCUT2D eigenvalue weighted by Crippen LogP contribution is 1.87. The minimum atomic E-state index is 0. The van der Waals surface area contributed by atoms with E-state index in [1.165, 1.54) is 0 Å². The number of carbonyl (C=O) groups is 1. The van der Waals surface area contributed by atoms with E-state index in [2.05, 4.69) is 4.74 Å². The van der Waals surface area contributed by atoms with Crippen LogP contribution in [0.15, 0.2) is 0 Å². The molecule has 0 aromatic heterocycles. The molecule has 0 bridgehead atoms. The molecule has 0 amide bonds. The first kappa shape index (κ1) is 17.0. The third-order valence-corrected chi connectivity index (χ3v) is 0.948. The number of quaternary nitrogens is 1. The van der Waals surface area contributed by atoms with Crippen molar-refractivity contribution in [1.29, 1.82) is 0 Å². The van der Waals surface area contributed by atoms with Gasteiger partial charge in [0.15, 0.2) is 0 Å². The Morgan fingerprint density at radius 1 is 1.36 bits per heavy atom. The Kier molecular flexibility index (Phi) is 12.0. The molecule has 0 saturated heterocycles. The van der Waals surface area contributed by atoms with E-state index in [4.69, 9.17) is 0 Å². The van der Waals surface area contributed by atoms with Crippen LogP contribution in [-0.2, 0) is 9.53 Å². The Morgan fingerprint density at radius 3 is 2.09 bits per heavy atom. The van der Waals surface area contributed by atoms with Gasteiger partial charge in [0, 0.05) is 0 Å². The average Bonchev–Trinajstić information content (AvgIpc) is 1.63. The molecular weight excluding hydrogens is 168 g/mol. The maximum atomic E-state index is 9.66. The molecule has 4 nitrogen and oxygen atoms in total. The second kappa shape index (κ2) is 7.78. The van der Waals surface area contributed by atoms with Gasteiger partial charge in [-0.3, -0.25) is 4.79 Å². The molecule has 0 aliphatic heterocycles. The number of halogens is 1. The summed E-state index contributed by atoms with van der Waals surface area (Å²) in [6.45, 7) is 1.85. The second-order valence-corrected chi connectivity index (χ2v) is 2.98. The Bertz CT molecular complexity index is 93.1. The number of carbonyl (C=O) groups excluding carboxylic acids is 1. The Labute approximate surface area is 74.1 Å². The van der Waals surface area contributed by atoms with Gasteiger partial charge in [-0.25, -0.2) is 0 Å². The van der Waals surface area contributed by atoms with Gasteiger partial charge in [0.1, 0.15) is 13.2 Å². The van der Waals surface area contributed by atoms with Crippen LogP contribution in [0.2, 0.25) is 0 Å². The maximum Gasteiger partial charge on any atom is 0.293 e. The molecule has 0 heterocycles. The molecule has 11 heavy (non-hydrogen) atoms. The van der Waals surface area contributed by atoms with Crippen molar-refractivity contribution in [3.63, 3.8) is 0 Å². The molecule has 0 aromatic rings. The first-order valence-electron chi connectivity index (χ1n) is 2.92. The van der Waals surface area contributed by atoms with Crippen molar-refractivity contribution >= 4 is 18.9 Å². The first-order valence-corrected chi connectivity index (χ1v) is 2.92. The summed E-state index contributed by atoms with van der Waals surface area (Å²) in [4.78, 5) is 9.66. The lowest BCUT2D eigenvalue weighted by molar-refractivity contribution is -0.870. The van der Waals surface area contributed by atoms with Crippen LogP contribution in [0.4, 0.5) is 0 Å². The Hall–Kier alpha value is -0.320. The smallest absolute Gasteiger partial charge is 0.293 e. The van der Waals surface area contributed by atoms with Crippen molar-refractivity contribution in [2.45, 2.75) is 0 Å². The standard InChI is InChI=1S/C6H14NO2.ClH.H3N/c1-7(2,3)4-5-9-6-8;;/h6H,4-5H2,1-3H3;1H;1H3/q+1;;. The van der Waals surface area contributed by atoms with E-state index in [1.807, 2.05) is 21.1 Å². The van der Waals surface area contributed by atoms with Crippen molar-refractivity contribution in [2.75, 3.05) is 34.3 Å². The molecule has 0 atom stereocenters. The van der Waals surface area contributed by atoms with Crippen LogP contribution in [-0.4, -0.2) is 45.2 Å². The summed E-state index contributed by atoms with van der Waals surface area (Å²) < 4.78 is 5.34. The lowest BCUT2D eigenvalue weighted by Crippen LogP contribution is -2.37. The fourth-order valence-corrected chi connectivity index (χ4v) is 0.375. The van der Waals surface area contributed by atoms with Gasteiger partial charge < -0.3 is 15.4 Å². The molecule has 0 aromatic carbocycles. The molecule has 70 valence electrons. The van der Waals surface area contributed by atoms with E-state index in [0.29, 0.717) is 13.1 Å². The summed E-state index contributed by atoms with van der Waals surface area (Å²) in [5.41, 5.74) is 0. The molecular formula is C6H18ClN2O2+. The zero-order valence-corrected chi connectivity index (χ0v) is 8.19. The third kappa shape index (κ3) is 17.7. The van der Waals surface area contributed by atoms with Crippen LogP contribution in [0.5, 0.6) is 0 Å². The molecule has 0 spiro atoms. The summed E-state index contributed by atoms with van der Waals surface area (Å²) in [6, 6.07) is 0. The number of rotatable bonds is 4. The minimum Gasteiger partial charge on any atom is -0.462 e. The first-order chi connectivity index (χ1) is 4.06. The molecule has 5 heteroatoms. The highest BCUT2D eigenvalue weighted by atomic mass is 35.5. The van der Waals surface area contributed by atoms with E-state index in [9.17, 15) is 4.79 Å². The van der Waals surface area contributed by atoms with E-state index >= 15 is 0 Å². The highest BCUT2D eigenvalue weighted by Gasteiger charge is 2.04. The van der Waals surface area contributed by atoms with E-state index in [0.717, 1.165) is 11.0 Å². The van der Waals surface area contributed by atoms with Crippen LogP contribution < -0.4 is 6.15 Å². The fourth-order valence-electron chi connectivity index (χ4n) is 0.375. The summed E-state index contributed by atoms with van der Waals surface area (Å²) in [5, 5.41) is 0. The molecule has 0 unspecified atom stereocenters. The number of likely N-dealkylation sites (N-methyl/N-ethyl adjacent to an activating group) is 1. The average molecular weight is 186 g/mol. The SMILES string of the molecule is C[N+](C)(C)CCOC=O.Cl.N. The van der Waals surface area contributed by atoms with Crippen LogP contribution >= 0.6 is 12.4 Å². The molecule has 0 fully saturated rings. The summed E-state index contributed by atoms with van der Waals surface area (Å²) in [6.07, 6.45) is 0. The number of nitrogens with zero attached hydrogens (tertiary/aromatic N) is 1. The predicted molar refractivity (Wildman–Crippen MR) is 47.2 cm³/mol. The van der Waals surface area contributed by atoms with Crippen molar-refractivity contribution in [3.8, 4) is 0 Å². The number of ether oxygens (including phenoxy) is 1. The lowest BCUT2D eigenvalue weighted by atomic mass is 10.5. The molecule has 0 rings (SSSR count). The second-order valence-electron chi connectivity index (χ2n) is 2.98. The lowest BCUT2D eigenvalue weighted by Gasteiger charge is -2.22. The van der Waals surface area contributed by atoms with Crippen LogP contribution in [0.25, 0.3) is 0 Å². The van der Waals surface area contributed by atoms with Gasteiger partial charge >= 0.3 is 0 Å². The quantitative estimate of drug-likeness (QED) is 0.393. The van der Waals surface area contributed by atoms with Crippen molar-refractivity contribution < 1.29 is 14.0 Å². The summed E-state index contributed by atoms with van der Waals surface area (Å²) in [7, 11) is 6.15. The van der Waals surface area contributed by atoms with Crippen molar-refractivity contribution in [1.82, 2.24) is 6.15 Å². The zero-order valence-electron chi connectivity index (χ0n) is 7.37. The highest BCUT2D eigenvalue weighted by molar-refractivity contribution is 5.85. The van der Waals surface area contributed by atoms with Gasteiger partial charge in [0.25, 0.3) is 6.47 Å². The molecule has 0 saturated carbocycles. The zero-order chi connectivity index (χ0) is 7.33. The van der Waals surface area contributed by atoms with Gasteiger partial charge in [-0.05, 0) is 0 Å². The molecule has 0 aliphatic carbocycles. The number of hydrogen-bond acceptors (Lipinski definition) is 3. The summed E-state index contributed by atoms with van der Waals surface area (Å²) in [5.74, 6) is 0. The van der Waals surface area contributed by atoms with Gasteiger partial charge in [0.05, 0.1) is 21.1 Å². The van der Waals surface area contributed by atoms with Crippen LogP contribution in [0.3, 0.4) is 0 Å². The largest absolute Gasteiger partial charge is 0.462 e. The van der Waals surface area contributed by atoms with Crippen LogP contribution in [0.1, 0.15) is 0 Å².